The average molecular weight is 459 g/mol. The third-order valence-electron chi connectivity index (χ3n) is 4.51. The molecule has 2 aromatic carbocycles. The van der Waals surface area contributed by atoms with Crippen molar-refractivity contribution in [2.45, 2.75) is 24.5 Å². The van der Waals surface area contributed by atoms with Gasteiger partial charge in [0, 0.05) is 22.1 Å². The largest absolute Gasteiger partial charge is 0.493 e. The topological polar surface area (TPSA) is 69.0 Å². The number of benzene rings is 2. The molecule has 6 nitrogen and oxygen atoms in total. The van der Waals surface area contributed by atoms with E-state index in [-0.39, 0.29) is 17.7 Å². The highest BCUT2D eigenvalue weighted by molar-refractivity contribution is 9.10. The minimum atomic E-state index is -0.0516. The smallest absolute Gasteiger partial charge is 0.230 e. The fourth-order valence-electron chi connectivity index (χ4n) is 3.09. The molecule has 0 spiro atoms. The molecule has 0 radical (unpaired) electrons. The van der Waals surface area contributed by atoms with Crippen LogP contribution in [-0.4, -0.2) is 33.0 Å². The third kappa shape index (κ3) is 4.23. The molecule has 4 rings (SSSR count). The minimum absolute atomic E-state index is 0.0405. The molecule has 0 bridgehead atoms. The van der Waals surface area contributed by atoms with E-state index in [0.29, 0.717) is 11.8 Å². The van der Waals surface area contributed by atoms with Crippen LogP contribution in [0.4, 0.5) is 0 Å². The van der Waals surface area contributed by atoms with E-state index in [0.717, 1.165) is 27.9 Å². The Labute approximate surface area is 175 Å². The van der Waals surface area contributed by atoms with E-state index >= 15 is 0 Å². The van der Waals surface area contributed by atoms with Gasteiger partial charge in [0.2, 0.25) is 5.91 Å². The van der Waals surface area contributed by atoms with Gasteiger partial charge in [-0.15, -0.1) is 10.2 Å². The molecule has 8 heteroatoms. The summed E-state index contributed by atoms with van der Waals surface area (Å²) < 4.78 is 8.54. The predicted molar refractivity (Wildman–Crippen MR) is 112 cm³/mol. The number of aryl methyl sites for hydroxylation is 1. The highest BCUT2D eigenvalue weighted by atomic mass is 79.9. The van der Waals surface area contributed by atoms with Crippen LogP contribution < -0.4 is 10.1 Å². The number of ether oxygens (including phenoxy) is 1. The van der Waals surface area contributed by atoms with Crippen molar-refractivity contribution < 1.29 is 9.53 Å². The number of rotatable bonds is 5. The molecule has 1 atom stereocenters. The Kier molecular flexibility index (Phi) is 5.68. The molecule has 0 saturated carbocycles. The summed E-state index contributed by atoms with van der Waals surface area (Å²) in [5, 5.41) is 11.9. The zero-order chi connectivity index (χ0) is 19.5. The Hall–Kier alpha value is -2.32. The lowest BCUT2D eigenvalue weighted by molar-refractivity contribution is -0.119. The highest BCUT2D eigenvalue weighted by Crippen LogP contribution is 2.34. The Bertz CT molecular complexity index is 990. The van der Waals surface area contributed by atoms with Gasteiger partial charge in [-0.2, -0.15) is 0 Å². The van der Waals surface area contributed by atoms with Crippen molar-refractivity contribution in [3.63, 3.8) is 0 Å². The van der Waals surface area contributed by atoms with E-state index in [1.807, 2.05) is 54.0 Å². The molecule has 28 heavy (non-hydrogen) atoms. The van der Waals surface area contributed by atoms with Crippen LogP contribution >= 0.6 is 27.7 Å². The first kappa shape index (κ1) is 19.0. The average Bonchev–Trinajstić information content (AvgIpc) is 3.16. The monoisotopic (exact) mass is 458 g/mol. The summed E-state index contributed by atoms with van der Waals surface area (Å²) in [5.74, 6) is 1.05. The lowest BCUT2D eigenvalue weighted by atomic mass is 10.0. The molecule has 3 aromatic rings. The molecule has 1 aromatic heterocycles. The molecular formula is C20H19BrN4O2S. The molecule has 1 N–H and O–H groups in total. The van der Waals surface area contributed by atoms with Crippen LogP contribution in [0.25, 0.3) is 5.69 Å². The van der Waals surface area contributed by atoms with Crippen molar-refractivity contribution in [1.29, 1.82) is 0 Å². The number of amides is 1. The summed E-state index contributed by atoms with van der Waals surface area (Å²) in [6, 6.07) is 13.9. The molecule has 1 aliphatic rings. The molecule has 144 valence electrons. The second-order valence-corrected chi connectivity index (χ2v) is 8.41. The number of fused-ring (bicyclic) bond motifs is 1. The number of aromatic nitrogens is 3. The van der Waals surface area contributed by atoms with E-state index in [2.05, 4.69) is 31.4 Å². The summed E-state index contributed by atoms with van der Waals surface area (Å²) >= 11 is 4.86. The molecule has 1 unspecified atom stereocenters. The summed E-state index contributed by atoms with van der Waals surface area (Å²) in [5.41, 5.74) is 3.16. The first-order valence-electron chi connectivity index (χ1n) is 8.91. The molecule has 0 saturated heterocycles. The van der Waals surface area contributed by atoms with Crippen LogP contribution in [0, 0.1) is 6.92 Å². The maximum absolute atomic E-state index is 12.6. The van der Waals surface area contributed by atoms with Crippen molar-refractivity contribution in [3.05, 3.63) is 64.4 Å². The molecular weight excluding hydrogens is 440 g/mol. The molecule has 0 aliphatic carbocycles. The molecule has 1 amide bonds. The maximum Gasteiger partial charge on any atom is 0.230 e. The van der Waals surface area contributed by atoms with E-state index in [1.54, 1.807) is 6.33 Å². The summed E-state index contributed by atoms with van der Waals surface area (Å²) in [6.07, 6.45) is 2.41. The Morgan fingerprint density at radius 1 is 1.32 bits per heavy atom. The van der Waals surface area contributed by atoms with Crippen molar-refractivity contribution in [1.82, 2.24) is 20.1 Å². The van der Waals surface area contributed by atoms with Gasteiger partial charge in [0.1, 0.15) is 12.1 Å². The fraction of sp³-hybridized carbons (Fsp3) is 0.250. The van der Waals surface area contributed by atoms with Gasteiger partial charge in [0.15, 0.2) is 5.16 Å². The van der Waals surface area contributed by atoms with Gasteiger partial charge in [0.25, 0.3) is 0 Å². The summed E-state index contributed by atoms with van der Waals surface area (Å²) in [4.78, 5) is 12.6. The zero-order valence-corrected chi connectivity index (χ0v) is 17.7. The first-order valence-corrected chi connectivity index (χ1v) is 10.7. The van der Waals surface area contributed by atoms with Crippen LogP contribution in [-0.2, 0) is 4.79 Å². The number of hydrogen-bond donors (Lipinski definition) is 1. The van der Waals surface area contributed by atoms with E-state index < -0.39 is 0 Å². The van der Waals surface area contributed by atoms with E-state index in [4.69, 9.17) is 4.74 Å². The van der Waals surface area contributed by atoms with Crippen LogP contribution in [0.15, 0.2) is 58.4 Å². The van der Waals surface area contributed by atoms with Gasteiger partial charge in [0.05, 0.1) is 18.4 Å². The molecule has 1 aliphatic heterocycles. The number of thioether (sulfide) groups is 1. The number of carbonyl (C=O) groups excluding carboxylic acids is 1. The number of nitrogens with zero attached hydrogens (tertiary/aromatic N) is 3. The minimum Gasteiger partial charge on any atom is -0.493 e. The van der Waals surface area contributed by atoms with Crippen LogP contribution in [0.2, 0.25) is 0 Å². The lowest BCUT2D eigenvalue weighted by Gasteiger charge is -2.26. The summed E-state index contributed by atoms with van der Waals surface area (Å²) in [6.45, 7) is 2.64. The van der Waals surface area contributed by atoms with Gasteiger partial charge in [-0.05, 0) is 37.3 Å². The van der Waals surface area contributed by atoms with Crippen LogP contribution in [0.5, 0.6) is 5.75 Å². The van der Waals surface area contributed by atoms with Gasteiger partial charge in [-0.3, -0.25) is 9.36 Å². The van der Waals surface area contributed by atoms with Gasteiger partial charge in [-0.25, -0.2) is 0 Å². The predicted octanol–water partition coefficient (Wildman–Crippen LogP) is 4.07. The summed E-state index contributed by atoms with van der Waals surface area (Å²) in [7, 11) is 0. The van der Waals surface area contributed by atoms with Gasteiger partial charge < -0.3 is 10.1 Å². The number of hydrogen-bond acceptors (Lipinski definition) is 5. The second-order valence-electron chi connectivity index (χ2n) is 6.55. The van der Waals surface area contributed by atoms with Gasteiger partial charge in [-0.1, -0.05) is 45.4 Å². The Morgan fingerprint density at radius 2 is 2.14 bits per heavy atom. The number of halogens is 1. The van der Waals surface area contributed by atoms with Crippen LogP contribution in [0.1, 0.15) is 23.6 Å². The maximum atomic E-state index is 12.6. The van der Waals surface area contributed by atoms with Crippen molar-refractivity contribution in [3.8, 4) is 11.4 Å². The van der Waals surface area contributed by atoms with E-state index in [1.165, 1.54) is 17.3 Å². The van der Waals surface area contributed by atoms with Crippen molar-refractivity contribution in [2.24, 2.45) is 0 Å². The number of nitrogens with one attached hydrogen (secondary N) is 1. The van der Waals surface area contributed by atoms with Gasteiger partial charge >= 0.3 is 0 Å². The fourth-order valence-corrected chi connectivity index (χ4v) is 4.21. The standard InChI is InChI=1S/C20H19BrN4O2S/c1-13-2-5-15(6-3-13)25-12-22-24-20(25)28-11-19(26)23-17-8-9-27-18-7-4-14(21)10-16(17)18/h2-7,10,12,17H,8-9,11H2,1H3,(H,23,26). The SMILES string of the molecule is Cc1ccc(-n2cnnc2SCC(=O)NC2CCOc3ccc(Br)cc32)cc1. The van der Waals surface area contributed by atoms with Crippen LogP contribution in [0.3, 0.4) is 0 Å². The Balaban J connectivity index is 1.41. The zero-order valence-electron chi connectivity index (χ0n) is 15.3. The van der Waals surface area contributed by atoms with Crippen molar-refractivity contribution >= 4 is 33.6 Å². The van der Waals surface area contributed by atoms with E-state index in [9.17, 15) is 4.79 Å². The highest BCUT2D eigenvalue weighted by Gasteiger charge is 2.23. The molecule has 2 heterocycles. The second kappa shape index (κ2) is 8.36. The quantitative estimate of drug-likeness (QED) is 0.583. The lowest BCUT2D eigenvalue weighted by Crippen LogP contribution is -2.33. The Morgan fingerprint density at radius 3 is 2.96 bits per heavy atom. The number of carbonyl (C=O) groups is 1. The third-order valence-corrected chi connectivity index (χ3v) is 5.94. The van der Waals surface area contributed by atoms with Crippen molar-refractivity contribution in [2.75, 3.05) is 12.4 Å². The normalized spacial score (nSPS) is 15.6. The first-order chi connectivity index (χ1) is 13.6. The molecule has 0 fully saturated rings.